The van der Waals surface area contributed by atoms with Gasteiger partial charge in [-0.2, -0.15) is 13.2 Å². The molecule has 40 heavy (non-hydrogen) atoms. The molecule has 1 aromatic carbocycles. The molecule has 0 bridgehead atoms. The van der Waals surface area contributed by atoms with Crippen LogP contribution >= 0.6 is 0 Å². The summed E-state index contributed by atoms with van der Waals surface area (Å²) in [4.78, 5) is 28.1. The molecule has 1 saturated heterocycles. The number of hydrogen-bond acceptors (Lipinski definition) is 8. The summed E-state index contributed by atoms with van der Waals surface area (Å²) in [5, 5.41) is 0. The molecule has 3 heterocycles. The lowest BCUT2D eigenvalue weighted by molar-refractivity contribution is -0.212. The Morgan fingerprint density at radius 3 is 2.33 bits per heavy atom. The van der Waals surface area contributed by atoms with E-state index in [-0.39, 0.29) is 48.9 Å². The summed E-state index contributed by atoms with van der Waals surface area (Å²) in [5.41, 5.74) is 0.997. The minimum Gasteiger partial charge on any atom is -0.462 e. The number of halogens is 3. The van der Waals surface area contributed by atoms with Gasteiger partial charge in [-0.1, -0.05) is 19.1 Å². The Bertz CT molecular complexity index is 1440. The van der Waals surface area contributed by atoms with Gasteiger partial charge in [0.25, 0.3) is 11.8 Å². The van der Waals surface area contributed by atoms with Crippen LogP contribution in [0.2, 0.25) is 0 Å². The predicted octanol–water partition coefficient (Wildman–Crippen LogP) is 4.10. The highest BCUT2D eigenvalue weighted by Gasteiger charge is 2.48. The van der Waals surface area contributed by atoms with Crippen molar-refractivity contribution in [3.63, 3.8) is 0 Å². The number of nitrogens with one attached hydrogen (secondary N) is 1. The van der Waals surface area contributed by atoms with Crippen molar-refractivity contribution in [1.29, 1.82) is 0 Å². The monoisotopic (exact) mass is 580 g/mol. The number of rotatable bonds is 9. The lowest BCUT2D eigenvalue weighted by atomic mass is 9.90. The molecule has 0 aliphatic carbocycles. The molecule has 1 aliphatic heterocycles. The molecule has 1 aliphatic rings. The molecule has 3 aromatic rings. The van der Waals surface area contributed by atoms with Gasteiger partial charge in [0.2, 0.25) is 15.8 Å². The Labute approximate surface area is 230 Å². The number of ether oxygens (including phenoxy) is 1. The van der Waals surface area contributed by atoms with Gasteiger partial charge in [-0.3, -0.25) is 9.52 Å². The first kappa shape index (κ1) is 29.3. The number of anilines is 2. The average Bonchev–Trinajstić information content (AvgIpc) is 2.90. The second-order valence-corrected chi connectivity index (χ2v) is 11.6. The fourth-order valence-electron chi connectivity index (χ4n) is 4.54. The number of pyridine rings is 1. The summed E-state index contributed by atoms with van der Waals surface area (Å²) < 4.78 is 75.6. The summed E-state index contributed by atoms with van der Waals surface area (Å²) in [6.45, 7) is 2.24. The molecule has 1 N–H and O–H groups in total. The molecular formula is C26H31F3N6O4S. The third-order valence-corrected chi connectivity index (χ3v) is 7.97. The van der Waals surface area contributed by atoms with Crippen LogP contribution < -0.4 is 14.4 Å². The van der Waals surface area contributed by atoms with E-state index in [1.165, 1.54) is 11.1 Å². The maximum atomic E-state index is 14.3. The smallest absolute Gasteiger partial charge is 0.425 e. The minimum atomic E-state index is -4.74. The van der Waals surface area contributed by atoms with E-state index in [1.807, 2.05) is 4.90 Å². The number of hydrogen-bond donors (Lipinski definition) is 1. The van der Waals surface area contributed by atoms with Crippen molar-refractivity contribution in [2.24, 2.45) is 5.92 Å². The van der Waals surface area contributed by atoms with Crippen LogP contribution in [0.4, 0.5) is 24.8 Å². The summed E-state index contributed by atoms with van der Waals surface area (Å²) >= 11 is 0. The van der Waals surface area contributed by atoms with Crippen molar-refractivity contribution in [3.05, 3.63) is 48.2 Å². The number of alkyl halides is 3. The first-order valence-electron chi connectivity index (χ1n) is 12.8. The molecule has 1 unspecified atom stereocenters. The van der Waals surface area contributed by atoms with E-state index in [0.29, 0.717) is 23.3 Å². The van der Waals surface area contributed by atoms with Crippen molar-refractivity contribution < 1.29 is 31.1 Å². The molecule has 1 fully saturated rings. The summed E-state index contributed by atoms with van der Waals surface area (Å²) in [5.74, 6) is -1.69. The first-order valence-corrected chi connectivity index (χ1v) is 14.5. The van der Waals surface area contributed by atoms with Crippen LogP contribution in [-0.4, -0.2) is 79.4 Å². The van der Waals surface area contributed by atoms with Crippen molar-refractivity contribution in [2.75, 3.05) is 42.6 Å². The lowest BCUT2D eigenvalue weighted by Crippen LogP contribution is -2.46. The molecule has 2 aromatic heterocycles. The van der Waals surface area contributed by atoms with Crippen molar-refractivity contribution in [2.45, 2.75) is 38.5 Å². The Balaban J connectivity index is 1.55. The number of piperidine rings is 1. The summed E-state index contributed by atoms with van der Waals surface area (Å²) in [6.07, 6.45) is -4.94. The molecule has 1 atom stereocenters. The molecule has 0 saturated carbocycles. The minimum absolute atomic E-state index is 0.141. The number of sulfonamides is 1. The van der Waals surface area contributed by atoms with Gasteiger partial charge in [-0.15, -0.1) is 0 Å². The van der Waals surface area contributed by atoms with Crippen molar-refractivity contribution in [1.82, 2.24) is 19.9 Å². The number of benzene rings is 1. The zero-order chi connectivity index (χ0) is 29.1. The largest absolute Gasteiger partial charge is 0.462 e. The number of aromatic nitrogens is 3. The van der Waals surface area contributed by atoms with Crippen LogP contribution in [0.5, 0.6) is 5.88 Å². The van der Waals surface area contributed by atoms with Crippen molar-refractivity contribution in [3.8, 4) is 5.88 Å². The maximum Gasteiger partial charge on any atom is 0.425 e. The first-order chi connectivity index (χ1) is 18.9. The fourth-order valence-corrected chi connectivity index (χ4v) is 5.61. The third kappa shape index (κ3) is 6.90. The normalized spacial score (nSPS) is 15.6. The highest BCUT2D eigenvalue weighted by molar-refractivity contribution is 7.92. The van der Waals surface area contributed by atoms with Gasteiger partial charge in [0, 0.05) is 39.3 Å². The van der Waals surface area contributed by atoms with E-state index in [0.717, 1.165) is 0 Å². The van der Waals surface area contributed by atoms with E-state index >= 15 is 0 Å². The Morgan fingerprint density at radius 1 is 1.12 bits per heavy atom. The molecule has 4 rings (SSSR count). The van der Waals surface area contributed by atoms with Gasteiger partial charge < -0.3 is 14.5 Å². The number of amides is 1. The zero-order valence-corrected chi connectivity index (χ0v) is 23.2. The standard InChI is InChI=1S/C26H31F3N6O4S/c1-4-15-40(37,38)33-23-24(32-20-8-6-5-7-19(20)31-23)39-22(26(27,28)29)17-11-13-35(14-12-17)21-10-9-18(16-30-21)25(36)34(2)3/h5-10,16-17,22H,4,11-15H2,1-3H3,(H,31,33). The van der Waals surface area contributed by atoms with E-state index in [9.17, 15) is 26.4 Å². The van der Waals surface area contributed by atoms with Gasteiger partial charge in [0.05, 0.1) is 22.3 Å². The Kier molecular flexibility index (Phi) is 8.66. The topological polar surface area (TPSA) is 118 Å². The van der Waals surface area contributed by atoms with Gasteiger partial charge in [-0.05, 0) is 43.5 Å². The Morgan fingerprint density at radius 2 is 1.77 bits per heavy atom. The van der Waals surface area contributed by atoms with Crippen LogP contribution in [0.1, 0.15) is 36.5 Å². The average molecular weight is 581 g/mol. The molecule has 10 nitrogen and oxygen atoms in total. The van der Waals surface area contributed by atoms with Crippen molar-refractivity contribution >= 4 is 38.6 Å². The van der Waals surface area contributed by atoms with E-state index in [1.54, 1.807) is 57.4 Å². The molecule has 1 amide bonds. The molecule has 216 valence electrons. The molecule has 0 radical (unpaired) electrons. The second kappa shape index (κ2) is 11.8. The lowest BCUT2D eigenvalue weighted by Gasteiger charge is -2.37. The zero-order valence-electron chi connectivity index (χ0n) is 22.3. The number of nitrogens with zero attached hydrogens (tertiary/aromatic N) is 5. The number of para-hydroxylation sites is 2. The van der Waals surface area contributed by atoms with Gasteiger partial charge in [-0.25, -0.2) is 23.4 Å². The predicted molar refractivity (Wildman–Crippen MR) is 145 cm³/mol. The number of fused-ring (bicyclic) bond motifs is 1. The van der Waals surface area contributed by atoms with Crippen LogP contribution in [0.25, 0.3) is 11.0 Å². The highest BCUT2D eigenvalue weighted by Crippen LogP contribution is 2.37. The Hall–Kier alpha value is -3.68. The molecular weight excluding hydrogens is 549 g/mol. The maximum absolute atomic E-state index is 14.3. The second-order valence-electron chi connectivity index (χ2n) is 9.80. The highest BCUT2D eigenvalue weighted by atomic mass is 32.2. The van der Waals surface area contributed by atoms with E-state index in [2.05, 4.69) is 19.7 Å². The number of carbonyl (C=O) groups excluding carboxylic acids is 1. The van der Waals surface area contributed by atoms with Crippen LogP contribution in [0.15, 0.2) is 42.6 Å². The summed E-state index contributed by atoms with van der Waals surface area (Å²) in [7, 11) is -0.611. The number of carbonyl (C=O) groups is 1. The van der Waals surface area contributed by atoms with E-state index < -0.39 is 34.1 Å². The SMILES string of the molecule is CCCS(=O)(=O)Nc1nc2ccccc2nc1OC(C1CCN(c2ccc(C(=O)N(C)C)cn2)CC1)C(F)(F)F. The molecule has 14 heteroatoms. The van der Waals surface area contributed by atoms with Crippen LogP contribution in [0, 0.1) is 5.92 Å². The van der Waals surface area contributed by atoms with Crippen LogP contribution in [0.3, 0.4) is 0 Å². The van der Waals surface area contributed by atoms with Gasteiger partial charge in [0.1, 0.15) is 5.82 Å². The molecule has 0 spiro atoms. The van der Waals surface area contributed by atoms with E-state index in [4.69, 9.17) is 4.74 Å². The summed E-state index contributed by atoms with van der Waals surface area (Å²) in [6, 6.07) is 9.76. The van der Waals surface area contributed by atoms with Gasteiger partial charge >= 0.3 is 6.18 Å². The fraction of sp³-hybridized carbons (Fsp3) is 0.462. The van der Waals surface area contributed by atoms with Gasteiger partial charge in [0.15, 0.2) is 6.10 Å². The quantitative estimate of drug-likeness (QED) is 0.402. The third-order valence-electron chi connectivity index (χ3n) is 6.52. The van der Waals surface area contributed by atoms with Crippen LogP contribution in [-0.2, 0) is 10.0 Å².